The van der Waals surface area contributed by atoms with Crippen LogP contribution in [0.5, 0.6) is 0 Å². The lowest BCUT2D eigenvalue weighted by atomic mass is 10.2. The minimum Gasteiger partial charge on any atom is -0.396 e. The van der Waals surface area contributed by atoms with Crippen LogP contribution < -0.4 is 0 Å². The van der Waals surface area contributed by atoms with Crippen LogP contribution >= 0.6 is 11.8 Å². The van der Waals surface area contributed by atoms with E-state index in [2.05, 4.69) is 0 Å². The summed E-state index contributed by atoms with van der Waals surface area (Å²) in [6, 6.07) is 6.67. The van der Waals surface area contributed by atoms with Gasteiger partial charge < -0.3 is 5.11 Å². The van der Waals surface area contributed by atoms with Crippen molar-refractivity contribution in [2.24, 2.45) is 0 Å². The van der Waals surface area contributed by atoms with Gasteiger partial charge in [-0.15, -0.1) is 0 Å². The van der Waals surface area contributed by atoms with E-state index in [1.54, 1.807) is 43.1 Å². The Morgan fingerprint density at radius 2 is 1.89 bits per heavy atom. The van der Waals surface area contributed by atoms with Crippen LogP contribution in [0, 0.1) is 0 Å². The van der Waals surface area contributed by atoms with Gasteiger partial charge in [-0.05, 0) is 30.4 Å². The second kappa shape index (κ2) is 7.13. The molecule has 0 spiro atoms. The highest BCUT2D eigenvalue weighted by Crippen LogP contribution is 2.15. The Labute approximate surface area is 113 Å². The molecule has 6 heteroatoms. The summed E-state index contributed by atoms with van der Waals surface area (Å²) >= 11 is 1.62. The molecule has 1 aromatic rings. The van der Waals surface area contributed by atoms with Gasteiger partial charge in [0.15, 0.2) is 0 Å². The summed E-state index contributed by atoms with van der Waals surface area (Å²) in [4.78, 5) is 0.299. The summed E-state index contributed by atoms with van der Waals surface area (Å²) in [6.45, 7) is 0.571. The van der Waals surface area contributed by atoms with Gasteiger partial charge in [0.05, 0.1) is 4.90 Å². The molecule has 18 heavy (non-hydrogen) atoms. The average Bonchev–Trinajstić information content (AvgIpc) is 2.37. The van der Waals surface area contributed by atoms with Crippen molar-refractivity contribution in [3.63, 3.8) is 0 Å². The van der Waals surface area contributed by atoms with Gasteiger partial charge >= 0.3 is 0 Å². The number of rotatable bonds is 7. The van der Waals surface area contributed by atoms with E-state index in [1.165, 1.54) is 4.31 Å². The summed E-state index contributed by atoms with van der Waals surface area (Å²) in [7, 11) is -1.79. The predicted octanol–water partition coefficient (Wildman–Crippen LogP) is 1.20. The molecule has 1 N–H and O–H groups in total. The highest BCUT2D eigenvalue weighted by atomic mass is 32.2. The third-order valence-corrected chi connectivity index (χ3v) is 5.10. The molecule has 0 radical (unpaired) electrons. The van der Waals surface area contributed by atoms with Gasteiger partial charge in [0.2, 0.25) is 10.0 Å². The fraction of sp³-hybridized carbons (Fsp3) is 0.500. The van der Waals surface area contributed by atoms with Gasteiger partial charge in [0.1, 0.15) is 0 Å². The van der Waals surface area contributed by atoms with E-state index in [1.807, 2.05) is 6.26 Å². The normalized spacial score (nSPS) is 12.0. The first-order valence-corrected chi connectivity index (χ1v) is 8.51. The maximum absolute atomic E-state index is 12.2. The number of aliphatic hydroxyl groups is 1. The number of nitrogens with zero attached hydrogens (tertiary/aromatic N) is 1. The zero-order valence-corrected chi connectivity index (χ0v) is 12.3. The number of thioether (sulfide) groups is 1. The van der Waals surface area contributed by atoms with Crippen molar-refractivity contribution in [2.45, 2.75) is 11.3 Å². The molecule has 1 rings (SSSR count). The molecule has 1 aromatic carbocycles. The fourth-order valence-electron chi connectivity index (χ4n) is 1.48. The molecule has 102 valence electrons. The maximum Gasteiger partial charge on any atom is 0.242 e. The Bertz CT molecular complexity index is 457. The summed E-state index contributed by atoms with van der Waals surface area (Å²) in [6.07, 6.45) is 2.49. The van der Waals surface area contributed by atoms with Gasteiger partial charge in [0, 0.05) is 26.0 Å². The Morgan fingerprint density at radius 1 is 1.28 bits per heavy atom. The van der Waals surface area contributed by atoms with Gasteiger partial charge in [-0.2, -0.15) is 11.8 Å². The van der Waals surface area contributed by atoms with Crippen molar-refractivity contribution >= 4 is 21.8 Å². The third-order valence-electron chi connectivity index (χ3n) is 2.64. The van der Waals surface area contributed by atoms with E-state index in [9.17, 15) is 8.42 Å². The van der Waals surface area contributed by atoms with Crippen LogP contribution in [0.3, 0.4) is 0 Å². The van der Waals surface area contributed by atoms with E-state index >= 15 is 0 Å². The van der Waals surface area contributed by atoms with E-state index < -0.39 is 10.0 Å². The summed E-state index contributed by atoms with van der Waals surface area (Å²) in [5.41, 5.74) is 0.934. The number of sulfonamides is 1. The van der Waals surface area contributed by atoms with Crippen molar-refractivity contribution in [2.75, 3.05) is 32.2 Å². The molecule has 0 fully saturated rings. The quantitative estimate of drug-likeness (QED) is 0.819. The SMILES string of the molecule is CSCCN(C)S(=O)(=O)c1ccc(CCO)cc1. The molecule has 0 aliphatic rings. The monoisotopic (exact) mass is 289 g/mol. The second-order valence-corrected chi connectivity index (χ2v) is 6.97. The minimum atomic E-state index is -3.39. The lowest BCUT2D eigenvalue weighted by molar-refractivity contribution is 0.299. The van der Waals surface area contributed by atoms with Crippen LogP contribution in [-0.4, -0.2) is 50.0 Å². The van der Waals surface area contributed by atoms with Crippen LogP contribution in [0.15, 0.2) is 29.2 Å². The number of hydrogen-bond donors (Lipinski definition) is 1. The molecule has 0 saturated heterocycles. The molecule has 4 nitrogen and oxygen atoms in total. The van der Waals surface area contributed by atoms with Crippen LogP contribution in [0.25, 0.3) is 0 Å². The Kier molecular flexibility index (Phi) is 6.14. The lowest BCUT2D eigenvalue weighted by Gasteiger charge is -2.16. The van der Waals surface area contributed by atoms with E-state index in [-0.39, 0.29) is 6.61 Å². The predicted molar refractivity (Wildman–Crippen MR) is 75.4 cm³/mol. The van der Waals surface area contributed by atoms with Crippen LogP contribution in [-0.2, 0) is 16.4 Å². The largest absolute Gasteiger partial charge is 0.396 e. The van der Waals surface area contributed by atoms with Crippen LogP contribution in [0.2, 0.25) is 0 Å². The van der Waals surface area contributed by atoms with Crippen molar-refractivity contribution in [1.82, 2.24) is 4.31 Å². The van der Waals surface area contributed by atoms with Gasteiger partial charge in [-0.3, -0.25) is 0 Å². The second-order valence-electron chi connectivity index (χ2n) is 3.94. The molecule has 0 saturated carbocycles. The Balaban J connectivity index is 2.84. The van der Waals surface area contributed by atoms with Crippen molar-refractivity contribution < 1.29 is 13.5 Å². The molecular weight excluding hydrogens is 270 g/mol. The highest BCUT2D eigenvalue weighted by Gasteiger charge is 2.19. The summed E-state index contributed by atoms with van der Waals surface area (Å²) in [5, 5.41) is 8.81. The average molecular weight is 289 g/mol. The van der Waals surface area contributed by atoms with E-state index in [0.29, 0.717) is 17.9 Å². The molecule has 0 unspecified atom stereocenters. The van der Waals surface area contributed by atoms with E-state index in [0.717, 1.165) is 11.3 Å². The standard InChI is InChI=1S/C12H19NO3S2/c1-13(8-10-17-2)18(15,16)12-5-3-11(4-6-12)7-9-14/h3-6,14H,7-10H2,1-2H3. The van der Waals surface area contributed by atoms with Crippen LogP contribution in [0.4, 0.5) is 0 Å². The van der Waals surface area contributed by atoms with E-state index in [4.69, 9.17) is 5.11 Å². The topological polar surface area (TPSA) is 57.6 Å². The Morgan fingerprint density at radius 3 is 2.39 bits per heavy atom. The zero-order chi connectivity index (χ0) is 13.6. The van der Waals surface area contributed by atoms with Gasteiger partial charge in [-0.1, -0.05) is 12.1 Å². The number of aliphatic hydroxyl groups excluding tert-OH is 1. The van der Waals surface area contributed by atoms with Gasteiger partial charge in [-0.25, -0.2) is 12.7 Å². The third kappa shape index (κ3) is 3.98. The first-order valence-electron chi connectivity index (χ1n) is 5.67. The molecule has 0 atom stereocenters. The molecule has 0 bridgehead atoms. The number of hydrogen-bond acceptors (Lipinski definition) is 4. The van der Waals surface area contributed by atoms with Crippen molar-refractivity contribution in [3.8, 4) is 0 Å². The zero-order valence-electron chi connectivity index (χ0n) is 10.7. The van der Waals surface area contributed by atoms with Gasteiger partial charge in [0.25, 0.3) is 0 Å². The molecular formula is C12H19NO3S2. The van der Waals surface area contributed by atoms with Crippen LogP contribution in [0.1, 0.15) is 5.56 Å². The fourth-order valence-corrected chi connectivity index (χ4v) is 3.22. The smallest absolute Gasteiger partial charge is 0.242 e. The summed E-state index contributed by atoms with van der Waals surface area (Å²) < 4.78 is 25.7. The molecule has 0 aliphatic heterocycles. The number of benzene rings is 1. The molecule has 0 aromatic heterocycles. The van der Waals surface area contributed by atoms with Crippen molar-refractivity contribution in [1.29, 1.82) is 0 Å². The first-order chi connectivity index (χ1) is 8.52. The first kappa shape index (κ1) is 15.5. The molecule has 0 aliphatic carbocycles. The minimum absolute atomic E-state index is 0.0692. The maximum atomic E-state index is 12.2. The summed E-state index contributed by atoms with van der Waals surface area (Å²) in [5.74, 6) is 0.776. The van der Waals surface area contributed by atoms with Crippen molar-refractivity contribution in [3.05, 3.63) is 29.8 Å². The lowest BCUT2D eigenvalue weighted by Crippen LogP contribution is -2.29. The highest BCUT2D eigenvalue weighted by molar-refractivity contribution is 7.98. The molecule has 0 heterocycles. The molecule has 0 amide bonds. The Hall–Kier alpha value is -0.560.